The molecule has 0 radical (unpaired) electrons. The molecule has 0 bridgehead atoms. The minimum absolute atomic E-state index is 0.117. The van der Waals surface area contributed by atoms with E-state index in [2.05, 4.69) is 6.92 Å². The third kappa shape index (κ3) is 4.05. The van der Waals surface area contributed by atoms with Crippen molar-refractivity contribution in [3.05, 3.63) is 40.3 Å². The summed E-state index contributed by atoms with van der Waals surface area (Å²) in [4.78, 5) is 27.5. The molecule has 1 heterocycles. The van der Waals surface area contributed by atoms with Crippen LogP contribution in [0.4, 0.5) is 0 Å². The topological polar surface area (TPSA) is 37.4 Å². The fourth-order valence-electron chi connectivity index (χ4n) is 2.71. The van der Waals surface area contributed by atoms with Crippen molar-refractivity contribution >= 4 is 29.1 Å². The van der Waals surface area contributed by atoms with E-state index in [0.29, 0.717) is 17.0 Å². The average molecular weight is 331 g/mol. The molecule has 0 saturated carbocycles. The molecule has 0 atom stereocenters. The van der Waals surface area contributed by atoms with Gasteiger partial charge in [0.25, 0.3) is 11.8 Å². The Hall–Kier alpha value is -1.55. The van der Waals surface area contributed by atoms with Crippen LogP contribution in [0.3, 0.4) is 0 Å². The first-order valence-corrected chi connectivity index (χ1v) is 9.39. The van der Waals surface area contributed by atoms with E-state index in [1.807, 2.05) is 38.1 Å². The number of amides is 2. The summed E-state index contributed by atoms with van der Waals surface area (Å²) < 4.78 is 0. The highest BCUT2D eigenvalue weighted by atomic mass is 32.2. The van der Waals surface area contributed by atoms with Crippen LogP contribution in [0.5, 0.6) is 0 Å². The SMILES string of the molecule is CCCCCCN1C(=O)C(SCC)=C(c2ccc(C)cc2)C1=O. The molecule has 0 saturated heterocycles. The molecular weight excluding hydrogens is 306 g/mol. The Kier molecular flexibility index (Phi) is 6.46. The first-order valence-electron chi connectivity index (χ1n) is 8.40. The molecule has 23 heavy (non-hydrogen) atoms. The summed E-state index contributed by atoms with van der Waals surface area (Å²) in [7, 11) is 0. The minimum Gasteiger partial charge on any atom is -0.274 e. The summed E-state index contributed by atoms with van der Waals surface area (Å²) in [6, 6.07) is 7.84. The van der Waals surface area contributed by atoms with E-state index < -0.39 is 0 Å². The molecule has 0 spiro atoms. The number of aryl methyl sites for hydroxylation is 1. The van der Waals surface area contributed by atoms with Gasteiger partial charge in [0.2, 0.25) is 0 Å². The lowest BCUT2D eigenvalue weighted by molar-refractivity contribution is -0.136. The summed E-state index contributed by atoms with van der Waals surface area (Å²) in [5.74, 6) is 0.535. The number of unbranched alkanes of at least 4 members (excludes halogenated alkanes) is 3. The molecule has 0 fully saturated rings. The number of carbonyl (C=O) groups is 2. The second kappa shape index (κ2) is 8.34. The van der Waals surface area contributed by atoms with Gasteiger partial charge in [-0.05, 0) is 24.7 Å². The third-order valence-electron chi connectivity index (χ3n) is 3.99. The summed E-state index contributed by atoms with van der Waals surface area (Å²) in [5.41, 5.74) is 2.57. The third-order valence-corrected chi connectivity index (χ3v) is 4.95. The molecular formula is C19H25NO2S. The quantitative estimate of drug-likeness (QED) is 0.523. The Morgan fingerprint density at radius 1 is 0.957 bits per heavy atom. The first kappa shape index (κ1) is 17.8. The molecule has 0 N–H and O–H groups in total. The van der Waals surface area contributed by atoms with Gasteiger partial charge in [0.1, 0.15) is 0 Å². The summed E-state index contributed by atoms with van der Waals surface area (Å²) in [6.07, 6.45) is 4.23. The van der Waals surface area contributed by atoms with Crippen LogP contribution in [-0.2, 0) is 9.59 Å². The van der Waals surface area contributed by atoms with Gasteiger partial charge < -0.3 is 0 Å². The summed E-state index contributed by atoms with van der Waals surface area (Å²) in [6.45, 7) is 6.70. The van der Waals surface area contributed by atoms with Crippen LogP contribution in [0, 0.1) is 6.92 Å². The molecule has 0 unspecified atom stereocenters. The number of thioether (sulfide) groups is 1. The standard InChI is InChI=1S/C19H25NO2S/c1-4-6-7-8-13-20-18(21)16(17(19(20)22)23-5-2)15-11-9-14(3)10-12-15/h9-12H,4-8,13H2,1-3H3. The number of carbonyl (C=O) groups excluding carboxylic acids is 2. The smallest absolute Gasteiger partial charge is 0.267 e. The van der Waals surface area contributed by atoms with Gasteiger partial charge >= 0.3 is 0 Å². The zero-order valence-electron chi connectivity index (χ0n) is 14.2. The fourth-order valence-corrected chi connectivity index (χ4v) is 3.58. The van der Waals surface area contributed by atoms with Crippen molar-refractivity contribution in [1.29, 1.82) is 0 Å². The highest BCUT2D eigenvalue weighted by molar-refractivity contribution is 8.04. The monoisotopic (exact) mass is 331 g/mol. The van der Waals surface area contributed by atoms with Crippen LogP contribution in [0.1, 0.15) is 50.7 Å². The van der Waals surface area contributed by atoms with Gasteiger partial charge in [-0.15, -0.1) is 11.8 Å². The highest BCUT2D eigenvalue weighted by Crippen LogP contribution is 2.36. The zero-order chi connectivity index (χ0) is 16.8. The number of hydrogen-bond acceptors (Lipinski definition) is 3. The van der Waals surface area contributed by atoms with E-state index in [9.17, 15) is 9.59 Å². The molecule has 0 aliphatic carbocycles. The van der Waals surface area contributed by atoms with Crippen molar-refractivity contribution < 1.29 is 9.59 Å². The predicted octanol–water partition coefficient (Wildman–Crippen LogP) is 4.41. The molecule has 1 aromatic carbocycles. The van der Waals surface area contributed by atoms with Gasteiger partial charge in [-0.1, -0.05) is 62.9 Å². The number of hydrogen-bond donors (Lipinski definition) is 0. The van der Waals surface area contributed by atoms with E-state index in [4.69, 9.17) is 0 Å². The Balaban J connectivity index is 2.24. The molecule has 4 heteroatoms. The molecule has 124 valence electrons. The van der Waals surface area contributed by atoms with E-state index in [0.717, 1.165) is 42.6 Å². The molecule has 1 aliphatic rings. The zero-order valence-corrected chi connectivity index (χ0v) is 15.0. The lowest BCUT2D eigenvalue weighted by atomic mass is 10.0. The maximum Gasteiger partial charge on any atom is 0.267 e. The van der Waals surface area contributed by atoms with Crippen molar-refractivity contribution in [2.45, 2.75) is 46.5 Å². The number of imide groups is 1. The number of nitrogens with zero attached hydrogens (tertiary/aromatic N) is 1. The van der Waals surface area contributed by atoms with Gasteiger partial charge in [-0.2, -0.15) is 0 Å². The lowest BCUT2D eigenvalue weighted by Crippen LogP contribution is -2.32. The van der Waals surface area contributed by atoms with Gasteiger partial charge in [-0.3, -0.25) is 14.5 Å². The van der Waals surface area contributed by atoms with Gasteiger partial charge in [0, 0.05) is 6.54 Å². The predicted molar refractivity (Wildman–Crippen MR) is 97.1 cm³/mol. The first-order chi connectivity index (χ1) is 11.1. The minimum atomic E-state index is -0.133. The average Bonchev–Trinajstić information content (AvgIpc) is 2.77. The molecule has 1 aromatic rings. The number of rotatable bonds is 8. The Bertz CT molecular complexity index is 604. The van der Waals surface area contributed by atoms with E-state index in [1.165, 1.54) is 16.7 Å². The van der Waals surface area contributed by atoms with Crippen molar-refractivity contribution in [1.82, 2.24) is 4.90 Å². The van der Waals surface area contributed by atoms with Crippen LogP contribution in [0.15, 0.2) is 29.2 Å². The lowest BCUT2D eigenvalue weighted by Gasteiger charge is -2.14. The van der Waals surface area contributed by atoms with Crippen molar-refractivity contribution in [3.63, 3.8) is 0 Å². The fraction of sp³-hybridized carbons (Fsp3) is 0.474. The second-order valence-corrected chi connectivity index (χ2v) is 7.10. The van der Waals surface area contributed by atoms with Gasteiger partial charge in [0.15, 0.2) is 0 Å². The van der Waals surface area contributed by atoms with Crippen LogP contribution in [0.2, 0.25) is 0 Å². The van der Waals surface area contributed by atoms with E-state index in [-0.39, 0.29) is 11.8 Å². The molecule has 1 aliphatic heterocycles. The van der Waals surface area contributed by atoms with E-state index >= 15 is 0 Å². The Labute approximate surface area is 143 Å². The van der Waals surface area contributed by atoms with Crippen LogP contribution < -0.4 is 0 Å². The van der Waals surface area contributed by atoms with Gasteiger partial charge in [0.05, 0.1) is 10.5 Å². The van der Waals surface area contributed by atoms with Crippen LogP contribution >= 0.6 is 11.8 Å². The summed E-state index contributed by atoms with van der Waals surface area (Å²) in [5, 5.41) is 0. The van der Waals surface area contributed by atoms with Gasteiger partial charge in [-0.25, -0.2) is 0 Å². The van der Waals surface area contributed by atoms with Crippen molar-refractivity contribution in [3.8, 4) is 0 Å². The molecule has 3 nitrogen and oxygen atoms in total. The van der Waals surface area contributed by atoms with Crippen molar-refractivity contribution in [2.24, 2.45) is 0 Å². The Morgan fingerprint density at radius 2 is 1.65 bits per heavy atom. The summed E-state index contributed by atoms with van der Waals surface area (Å²) >= 11 is 1.47. The molecule has 0 aromatic heterocycles. The highest BCUT2D eigenvalue weighted by Gasteiger charge is 2.38. The maximum atomic E-state index is 12.8. The van der Waals surface area contributed by atoms with Crippen molar-refractivity contribution in [2.75, 3.05) is 12.3 Å². The molecule has 2 amide bonds. The number of benzene rings is 1. The van der Waals surface area contributed by atoms with Crippen LogP contribution in [-0.4, -0.2) is 29.0 Å². The normalized spacial score (nSPS) is 15.0. The van der Waals surface area contributed by atoms with E-state index in [1.54, 1.807) is 0 Å². The van der Waals surface area contributed by atoms with Crippen LogP contribution in [0.25, 0.3) is 5.57 Å². The second-order valence-electron chi connectivity index (χ2n) is 5.83. The maximum absolute atomic E-state index is 12.8. The Morgan fingerprint density at radius 3 is 2.26 bits per heavy atom. The largest absolute Gasteiger partial charge is 0.274 e. The molecule has 2 rings (SSSR count).